The highest BCUT2D eigenvalue weighted by Crippen LogP contribution is 2.64. The molecule has 35 heavy (non-hydrogen) atoms. The summed E-state index contributed by atoms with van der Waals surface area (Å²) in [6.45, 7) is 2.60. The number of rotatable bonds is 1. The molecule has 1 aliphatic heterocycles. The molecule has 0 bridgehead atoms. The highest BCUT2D eigenvalue weighted by molar-refractivity contribution is 5.93. The van der Waals surface area contributed by atoms with E-state index in [0.29, 0.717) is 24.2 Å². The fourth-order valence-electron chi connectivity index (χ4n) is 7.06. The molecule has 1 aromatic rings. The van der Waals surface area contributed by atoms with Crippen LogP contribution in [-0.4, -0.2) is 30.0 Å². The topological polar surface area (TPSA) is 55.8 Å². The molecule has 0 amide bonds. The number of hydrogen-bond acceptors (Lipinski definition) is 4. The number of ether oxygens (including phenoxy) is 2. The molecule has 0 aromatic heterocycles. The summed E-state index contributed by atoms with van der Waals surface area (Å²) in [5.74, 6) is 3.86. The summed E-state index contributed by atoms with van der Waals surface area (Å²) in [6.07, 6.45) is 7.81. The van der Waals surface area contributed by atoms with Gasteiger partial charge in [0.1, 0.15) is 0 Å². The van der Waals surface area contributed by atoms with E-state index in [4.69, 9.17) is 9.47 Å². The second-order valence-electron chi connectivity index (χ2n) is 10.4. The largest absolute Gasteiger partial charge is 0.457 e. The molecule has 5 aliphatic rings. The second-order valence-corrected chi connectivity index (χ2v) is 10.4. The maximum absolute atomic E-state index is 12.1. The summed E-state index contributed by atoms with van der Waals surface area (Å²) in [5, 5.41) is 10.9. The van der Waals surface area contributed by atoms with E-state index in [0.717, 1.165) is 50.0 Å². The molecule has 4 aliphatic carbocycles. The average molecular weight is 487 g/mol. The van der Waals surface area contributed by atoms with Crippen LogP contribution in [0.4, 0.5) is 13.2 Å². The van der Waals surface area contributed by atoms with Gasteiger partial charge in [0.05, 0.1) is 6.10 Å². The van der Waals surface area contributed by atoms with Gasteiger partial charge in [-0.15, -0.1) is 6.42 Å². The lowest BCUT2D eigenvalue weighted by atomic mass is 9.53. The monoisotopic (exact) mass is 486 g/mol. The van der Waals surface area contributed by atoms with Crippen LogP contribution in [0.15, 0.2) is 41.0 Å². The van der Waals surface area contributed by atoms with Gasteiger partial charge in [0, 0.05) is 18.3 Å². The summed E-state index contributed by atoms with van der Waals surface area (Å²) >= 11 is 0. The van der Waals surface area contributed by atoms with Crippen molar-refractivity contribution >= 4 is 5.78 Å². The number of aliphatic hydroxyl groups is 1. The van der Waals surface area contributed by atoms with Gasteiger partial charge in [-0.3, -0.25) is 4.79 Å². The number of alkyl halides is 3. The summed E-state index contributed by atoms with van der Waals surface area (Å²) in [5.41, 5.74) is 5.51. The fourth-order valence-corrected chi connectivity index (χ4v) is 7.06. The number of benzene rings is 1. The van der Waals surface area contributed by atoms with Crippen LogP contribution in [0.2, 0.25) is 0 Å². The van der Waals surface area contributed by atoms with Gasteiger partial charge < -0.3 is 14.6 Å². The summed E-state index contributed by atoms with van der Waals surface area (Å²) in [4.78, 5) is 12.1. The third kappa shape index (κ3) is 4.27. The van der Waals surface area contributed by atoms with Gasteiger partial charge in [-0.2, -0.15) is 13.2 Å². The van der Waals surface area contributed by atoms with Gasteiger partial charge >= 0.3 is 6.18 Å². The van der Waals surface area contributed by atoms with E-state index < -0.39 is 6.18 Å². The van der Waals surface area contributed by atoms with Crippen LogP contribution in [0.5, 0.6) is 11.5 Å². The molecule has 5 atom stereocenters. The molecule has 5 unspecified atom stereocenters. The highest BCUT2D eigenvalue weighted by Gasteiger charge is 2.56. The summed E-state index contributed by atoms with van der Waals surface area (Å²) in [7, 11) is 0. The Labute approximate surface area is 203 Å². The predicted molar refractivity (Wildman–Crippen MR) is 124 cm³/mol. The quantitative estimate of drug-likeness (QED) is 0.506. The molecule has 1 aromatic carbocycles. The number of aliphatic hydroxyl groups excluding tert-OH is 1. The van der Waals surface area contributed by atoms with Gasteiger partial charge in [0.15, 0.2) is 17.3 Å². The smallest absolute Gasteiger partial charge is 0.454 e. The average Bonchev–Trinajstić information content (AvgIpc) is 3.41. The molecule has 4 nitrogen and oxygen atoms in total. The van der Waals surface area contributed by atoms with E-state index >= 15 is 0 Å². The molecular formula is C28H29F3O4. The zero-order valence-electron chi connectivity index (χ0n) is 19.7. The number of terminal acetylenes is 1. The number of halogens is 3. The lowest BCUT2D eigenvalue weighted by Crippen LogP contribution is -2.45. The van der Waals surface area contributed by atoms with Crippen LogP contribution in [-0.2, 0) is 4.79 Å². The van der Waals surface area contributed by atoms with Crippen LogP contribution >= 0.6 is 0 Å². The zero-order valence-corrected chi connectivity index (χ0v) is 19.7. The van der Waals surface area contributed by atoms with E-state index in [-0.39, 0.29) is 30.0 Å². The minimum atomic E-state index is -4.43. The molecule has 1 heterocycles. The molecule has 1 N–H and O–H groups in total. The number of hydrogen-bond donors (Lipinski definition) is 1. The number of fused-ring (bicyclic) bond motifs is 5. The number of allylic oxidation sites excluding steroid dienone is 4. The lowest BCUT2D eigenvalue weighted by Gasteiger charge is -2.52. The van der Waals surface area contributed by atoms with Crippen LogP contribution in [0.1, 0.15) is 63.4 Å². The second kappa shape index (κ2) is 8.74. The van der Waals surface area contributed by atoms with Gasteiger partial charge in [-0.1, -0.05) is 18.6 Å². The Balaban J connectivity index is 0.000000380. The van der Waals surface area contributed by atoms with E-state index in [9.17, 15) is 23.1 Å². The van der Waals surface area contributed by atoms with Gasteiger partial charge in [-0.25, -0.2) is 0 Å². The van der Waals surface area contributed by atoms with Crippen molar-refractivity contribution < 1.29 is 32.5 Å². The Hall–Kier alpha value is -2.72. The minimum Gasteiger partial charge on any atom is -0.454 e. The number of carbonyl (C=O) groups excluding carboxylic acids is 1. The van der Waals surface area contributed by atoms with Crippen molar-refractivity contribution in [3.8, 4) is 23.8 Å². The Morgan fingerprint density at radius 1 is 1.11 bits per heavy atom. The van der Waals surface area contributed by atoms with Crippen molar-refractivity contribution in [1.29, 1.82) is 0 Å². The van der Waals surface area contributed by atoms with Gasteiger partial charge in [0.2, 0.25) is 6.79 Å². The van der Waals surface area contributed by atoms with Crippen molar-refractivity contribution in [3.05, 3.63) is 46.6 Å². The summed E-state index contributed by atoms with van der Waals surface area (Å²) < 4.78 is 42.9. The van der Waals surface area contributed by atoms with Gasteiger partial charge in [-0.05, 0) is 90.7 Å². The lowest BCUT2D eigenvalue weighted by molar-refractivity contribution is -0.114. The van der Waals surface area contributed by atoms with E-state index in [1.54, 1.807) is 5.57 Å². The Morgan fingerprint density at radius 2 is 1.86 bits per heavy atom. The van der Waals surface area contributed by atoms with E-state index in [1.165, 1.54) is 16.7 Å². The van der Waals surface area contributed by atoms with Crippen LogP contribution in [0, 0.1) is 29.6 Å². The normalized spacial score (nSPS) is 33.0. The molecule has 7 heteroatoms. The minimum absolute atomic E-state index is 0.0402. The third-order valence-corrected chi connectivity index (χ3v) is 8.64. The van der Waals surface area contributed by atoms with Crippen molar-refractivity contribution in [2.45, 2.75) is 70.1 Å². The van der Waals surface area contributed by atoms with Crippen LogP contribution in [0.3, 0.4) is 0 Å². The molecular weight excluding hydrogens is 457 g/mol. The molecule has 6 rings (SSSR count). The SMILES string of the molecule is C#CC(F)(F)F.CC12CC(c3ccc4c(c3)OCO4)C3=C4CCC(=O)C=C4CCC3C1CCC2O. The van der Waals surface area contributed by atoms with Crippen molar-refractivity contribution in [1.82, 2.24) is 0 Å². The molecule has 0 saturated heterocycles. The van der Waals surface area contributed by atoms with E-state index in [1.807, 2.05) is 12.1 Å². The van der Waals surface area contributed by atoms with Crippen molar-refractivity contribution in [3.63, 3.8) is 0 Å². The standard InChI is InChI=1S/C25H28O4.C3HF3/c1-25-12-19(15-3-8-21-22(11-15)29-13-28-21)24-17-6-4-16(26)10-14(17)2-5-18(24)20(25)7-9-23(25)27;1-2-3(4,5)6/h3,8,10-11,18-20,23,27H,2,4-7,9,12-13H2,1H3;1H. The first-order chi connectivity index (χ1) is 16.6. The van der Waals surface area contributed by atoms with Crippen molar-refractivity contribution in [2.75, 3.05) is 6.79 Å². The predicted octanol–water partition coefficient (Wildman–Crippen LogP) is 5.86. The zero-order chi connectivity index (χ0) is 25.0. The first-order valence-electron chi connectivity index (χ1n) is 12.2. The van der Waals surface area contributed by atoms with Gasteiger partial charge in [0.25, 0.3) is 0 Å². The van der Waals surface area contributed by atoms with Crippen LogP contribution in [0.25, 0.3) is 0 Å². The van der Waals surface area contributed by atoms with E-state index in [2.05, 4.69) is 25.5 Å². The summed E-state index contributed by atoms with van der Waals surface area (Å²) in [6, 6.07) is 6.36. The number of ketones is 1. The molecule has 0 spiro atoms. The first kappa shape index (κ1) is 24.0. The third-order valence-electron chi connectivity index (χ3n) is 8.64. The highest BCUT2D eigenvalue weighted by atomic mass is 19.4. The van der Waals surface area contributed by atoms with Crippen molar-refractivity contribution in [2.24, 2.45) is 17.3 Å². The Kier molecular flexibility index (Phi) is 5.99. The van der Waals surface area contributed by atoms with Crippen LogP contribution < -0.4 is 9.47 Å². The Bertz CT molecular complexity index is 1140. The molecule has 0 radical (unpaired) electrons. The molecule has 186 valence electrons. The maximum atomic E-state index is 12.1. The molecule has 2 saturated carbocycles. The molecule has 2 fully saturated rings. The Morgan fingerprint density at radius 3 is 2.60 bits per heavy atom. The number of carbonyl (C=O) groups is 1. The first-order valence-corrected chi connectivity index (χ1v) is 12.2. The fraction of sp³-hybridized carbons (Fsp3) is 0.536. The maximum Gasteiger partial charge on any atom is 0.457 e.